The number of aromatic carboxylic acids is 1. The maximum Gasteiger partial charge on any atom is 0.451 e. The van der Waals surface area contributed by atoms with Gasteiger partial charge in [-0.2, -0.15) is 0 Å². The summed E-state index contributed by atoms with van der Waals surface area (Å²) in [5, 5.41) is 26.4. The van der Waals surface area contributed by atoms with Crippen LogP contribution in [0.1, 0.15) is 23.2 Å². The SMILES string of the molecule is O=C(O)c1ccc2c(c1)ncn2CCCCB(O)O. The van der Waals surface area contributed by atoms with Crippen molar-refractivity contribution in [3.63, 3.8) is 0 Å². The average molecular weight is 262 g/mol. The Morgan fingerprint density at radius 3 is 2.79 bits per heavy atom. The summed E-state index contributed by atoms with van der Waals surface area (Å²) < 4.78 is 1.94. The van der Waals surface area contributed by atoms with Crippen molar-refractivity contribution in [2.75, 3.05) is 0 Å². The number of fused-ring (bicyclic) bond motifs is 1. The van der Waals surface area contributed by atoms with E-state index < -0.39 is 13.1 Å². The number of nitrogens with zero attached hydrogens (tertiary/aromatic N) is 2. The lowest BCUT2D eigenvalue weighted by molar-refractivity contribution is 0.0697. The summed E-state index contributed by atoms with van der Waals surface area (Å²) in [5.41, 5.74) is 1.76. The summed E-state index contributed by atoms with van der Waals surface area (Å²) in [4.78, 5) is 15.0. The summed E-state index contributed by atoms with van der Waals surface area (Å²) in [6, 6.07) is 4.85. The van der Waals surface area contributed by atoms with Crippen LogP contribution in [0.3, 0.4) is 0 Å². The van der Waals surface area contributed by atoms with Crippen LogP contribution in [0.5, 0.6) is 0 Å². The van der Waals surface area contributed by atoms with Crippen molar-refractivity contribution < 1.29 is 19.9 Å². The van der Waals surface area contributed by atoms with E-state index in [2.05, 4.69) is 4.98 Å². The maximum absolute atomic E-state index is 10.8. The smallest absolute Gasteiger partial charge is 0.451 e. The second-order valence-electron chi connectivity index (χ2n) is 4.42. The molecule has 0 radical (unpaired) electrons. The summed E-state index contributed by atoms with van der Waals surface area (Å²) in [6.07, 6.45) is 3.55. The highest BCUT2D eigenvalue weighted by molar-refractivity contribution is 6.40. The molecule has 7 heteroatoms. The third kappa shape index (κ3) is 3.33. The van der Waals surface area contributed by atoms with Crippen LogP contribution in [0.2, 0.25) is 6.32 Å². The van der Waals surface area contributed by atoms with Gasteiger partial charge in [-0.05, 0) is 30.9 Å². The van der Waals surface area contributed by atoms with E-state index in [0.29, 0.717) is 18.3 Å². The monoisotopic (exact) mass is 262 g/mol. The molecule has 0 aliphatic carbocycles. The van der Waals surface area contributed by atoms with E-state index in [1.54, 1.807) is 24.5 Å². The van der Waals surface area contributed by atoms with Gasteiger partial charge in [0.2, 0.25) is 0 Å². The highest BCUT2D eigenvalue weighted by Gasteiger charge is 2.08. The zero-order valence-electron chi connectivity index (χ0n) is 10.4. The molecule has 0 fully saturated rings. The van der Waals surface area contributed by atoms with E-state index in [4.69, 9.17) is 15.2 Å². The van der Waals surface area contributed by atoms with E-state index in [1.807, 2.05) is 4.57 Å². The summed E-state index contributed by atoms with van der Waals surface area (Å²) >= 11 is 0. The van der Waals surface area contributed by atoms with Crippen LogP contribution in [0.15, 0.2) is 24.5 Å². The molecule has 2 rings (SSSR count). The first-order chi connectivity index (χ1) is 9.08. The van der Waals surface area contributed by atoms with Gasteiger partial charge in [0.1, 0.15) is 0 Å². The molecule has 0 aliphatic heterocycles. The minimum Gasteiger partial charge on any atom is -0.478 e. The van der Waals surface area contributed by atoms with Gasteiger partial charge in [-0.25, -0.2) is 9.78 Å². The molecule has 1 heterocycles. The van der Waals surface area contributed by atoms with E-state index in [1.165, 1.54) is 0 Å². The Balaban J connectivity index is 2.06. The zero-order valence-corrected chi connectivity index (χ0v) is 10.4. The number of unbranched alkanes of at least 4 members (excludes halogenated alkanes) is 1. The molecule has 19 heavy (non-hydrogen) atoms. The summed E-state index contributed by atoms with van der Waals surface area (Å²) in [7, 11) is -1.25. The Labute approximate surface area is 110 Å². The lowest BCUT2D eigenvalue weighted by Gasteiger charge is -2.04. The molecular formula is C12H15BN2O4. The van der Waals surface area contributed by atoms with Crippen LogP contribution in [-0.2, 0) is 6.54 Å². The van der Waals surface area contributed by atoms with Crippen LogP contribution in [0, 0.1) is 0 Å². The highest BCUT2D eigenvalue weighted by atomic mass is 16.4. The molecule has 1 aromatic heterocycles. The normalized spacial score (nSPS) is 10.8. The lowest BCUT2D eigenvalue weighted by Crippen LogP contribution is -2.10. The Morgan fingerprint density at radius 2 is 2.11 bits per heavy atom. The fourth-order valence-corrected chi connectivity index (χ4v) is 1.98. The Bertz CT molecular complexity index is 582. The predicted octanol–water partition coefficient (Wildman–Crippen LogP) is 0.987. The topological polar surface area (TPSA) is 95.6 Å². The standard InChI is InChI=1S/C12H15BN2O4/c16-12(17)9-3-4-11-10(7-9)14-8-15(11)6-2-1-5-13(18)19/h3-4,7-8,18-19H,1-2,5-6H2,(H,16,17). The number of benzene rings is 1. The molecule has 100 valence electrons. The molecule has 0 bridgehead atoms. The van der Waals surface area contributed by atoms with E-state index >= 15 is 0 Å². The van der Waals surface area contributed by atoms with Gasteiger partial charge in [0, 0.05) is 6.54 Å². The van der Waals surface area contributed by atoms with Crippen molar-refractivity contribution in [3.05, 3.63) is 30.1 Å². The van der Waals surface area contributed by atoms with Crippen LogP contribution < -0.4 is 0 Å². The van der Waals surface area contributed by atoms with E-state index in [-0.39, 0.29) is 5.56 Å². The largest absolute Gasteiger partial charge is 0.478 e. The van der Waals surface area contributed by atoms with E-state index in [9.17, 15) is 4.79 Å². The molecule has 3 N–H and O–H groups in total. The molecule has 0 saturated carbocycles. The highest BCUT2D eigenvalue weighted by Crippen LogP contribution is 2.16. The Morgan fingerprint density at radius 1 is 1.32 bits per heavy atom. The van der Waals surface area contributed by atoms with Crippen LogP contribution in [0.4, 0.5) is 0 Å². The third-order valence-electron chi connectivity index (χ3n) is 2.98. The van der Waals surface area contributed by atoms with Gasteiger partial charge in [-0.3, -0.25) is 0 Å². The van der Waals surface area contributed by atoms with Gasteiger partial charge in [-0.1, -0.05) is 6.42 Å². The van der Waals surface area contributed by atoms with Gasteiger partial charge >= 0.3 is 13.1 Å². The van der Waals surface area contributed by atoms with Gasteiger partial charge in [0.15, 0.2) is 0 Å². The van der Waals surface area contributed by atoms with Crippen LogP contribution in [0.25, 0.3) is 11.0 Å². The molecule has 0 spiro atoms. The van der Waals surface area contributed by atoms with Crippen molar-refractivity contribution in [2.45, 2.75) is 25.7 Å². The summed E-state index contributed by atoms with van der Waals surface area (Å²) in [6.45, 7) is 0.718. The number of aryl methyl sites for hydroxylation is 1. The first-order valence-corrected chi connectivity index (χ1v) is 6.12. The third-order valence-corrected chi connectivity index (χ3v) is 2.98. The molecule has 0 atom stereocenters. The number of imidazole rings is 1. The quantitative estimate of drug-likeness (QED) is 0.533. The molecule has 0 unspecified atom stereocenters. The molecule has 1 aromatic carbocycles. The molecular weight excluding hydrogens is 247 g/mol. The first kappa shape index (κ1) is 13.6. The number of carbonyl (C=O) groups is 1. The number of rotatable bonds is 6. The van der Waals surface area contributed by atoms with Crippen LogP contribution >= 0.6 is 0 Å². The average Bonchev–Trinajstić information content (AvgIpc) is 2.76. The Hall–Kier alpha value is -1.86. The number of aromatic nitrogens is 2. The van der Waals surface area contributed by atoms with Crippen LogP contribution in [-0.4, -0.2) is 37.8 Å². The van der Waals surface area contributed by atoms with Crippen molar-refractivity contribution in [3.8, 4) is 0 Å². The van der Waals surface area contributed by atoms with Gasteiger partial charge in [0.25, 0.3) is 0 Å². The second kappa shape index (κ2) is 5.86. The van der Waals surface area contributed by atoms with Gasteiger partial charge < -0.3 is 19.7 Å². The fraction of sp³-hybridized carbons (Fsp3) is 0.333. The first-order valence-electron chi connectivity index (χ1n) is 6.12. The number of carboxylic acid groups (broad SMARTS) is 1. The second-order valence-corrected chi connectivity index (χ2v) is 4.42. The number of carboxylic acids is 1. The van der Waals surface area contributed by atoms with Gasteiger partial charge in [0.05, 0.1) is 22.9 Å². The van der Waals surface area contributed by atoms with E-state index in [0.717, 1.165) is 18.5 Å². The number of hydrogen-bond donors (Lipinski definition) is 3. The fourth-order valence-electron chi connectivity index (χ4n) is 1.98. The van der Waals surface area contributed by atoms with Crippen molar-refractivity contribution >= 4 is 24.1 Å². The summed E-state index contributed by atoms with van der Waals surface area (Å²) in [5.74, 6) is -0.964. The van der Waals surface area contributed by atoms with Crippen molar-refractivity contribution in [1.82, 2.24) is 9.55 Å². The Kier molecular flexibility index (Phi) is 4.18. The molecule has 0 amide bonds. The molecule has 2 aromatic rings. The zero-order chi connectivity index (χ0) is 13.8. The van der Waals surface area contributed by atoms with Gasteiger partial charge in [-0.15, -0.1) is 0 Å². The van der Waals surface area contributed by atoms with Crippen molar-refractivity contribution in [1.29, 1.82) is 0 Å². The lowest BCUT2D eigenvalue weighted by atomic mass is 9.84. The van der Waals surface area contributed by atoms with Crippen molar-refractivity contribution in [2.24, 2.45) is 0 Å². The molecule has 0 aliphatic rings. The maximum atomic E-state index is 10.8. The minimum atomic E-state index is -1.25. The molecule has 0 saturated heterocycles. The molecule has 6 nitrogen and oxygen atoms in total. The minimum absolute atomic E-state index is 0.223. The predicted molar refractivity (Wildman–Crippen MR) is 70.9 cm³/mol. The number of hydrogen-bond acceptors (Lipinski definition) is 4.